The molecule has 1 fully saturated rings. The maximum Gasteiger partial charge on any atom is 0.233 e. The highest BCUT2D eigenvalue weighted by molar-refractivity contribution is 8.02. The number of nitrogens with one attached hydrogen (secondary N) is 1. The molecule has 7 nitrogen and oxygen atoms in total. The molecule has 9 heteroatoms. The highest BCUT2D eigenvalue weighted by atomic mass is 32.2. The Kier molecular flexibility index (Phi) is 5.74. The molecule has 0 aromatic carbocycles. The molecule has 1 N–H and O–H groups in total. The predicted octanol–water partition coefficient (Wildman–Crippen LogP) is 2.83. The Morgan fingerprint density at radius 2 is 2.28 bits per heavy atom. The summed E-state index contributed by atoms with van der Waals surface area (Å²) in [5.74, 6) is 0.683. The van der Waals surface area contributed by atoms with Gasteiger partial charge in [0.1, 0.15) is 5.76 Å². The molecule has 0 radical (unpaired) electrons. The smallest absolute Gasteiger partial charge is 0.233 e. The Morgan fingerprint density at radius 3 is 2.92 bits per heavy atom. The lowest BCUT2D eigenvalue weighted by atomic mass is 10.4. The quantitative estimate of drug-likeness (QED) is 0.560. The van der Waals surface area contributed by atoms with E-state index in [4.69, 9.17) is 4.42 Å². The number of nitrogens with zero attached hydrogens (tertiary/aromatic N) is 3. The van der Waals surface area contributed by atoms with Crippen LogP contribution in [-0.4, -0.2) is 33.3 Å². The van der Waals surface area contributed by atoms with Crippen molar-refractivity contribution in [1.29, 1.82) is 0 Å². The van der Waals surface area contributed by atoms with Gasteiger partial charge in [-0.05, 0) is 31.9 Å². The first-order valence-corrected chi connectivity index (χ1v) is 9.90. The van der Waals surface area contributed by atoms with Crippen LogP contribution in [0, 0.1) is 0 Å². The van der Waals surface area contributed by atoms with E-state index in [1.165, 1.54) is 23.1 Å². The second kappa shape index (κ2) is 8.01. The number of carbonyl (C=O) groups is 2. The first-order chi connectivity index (χ1) is 12.1. The summed E-state index contributed by atoms with van der Waals surface area (Å²) in [5, 5.41) is 11.4. The first kappa shape index (κ1) is 17.9. The average Bonchev–Trinajstić information content (AvgIpc) is 3.10. The van der Waals surface area contributed by atoms with E-state index >= 15 is 0 Å². The molecule has 1 aliphatic rings. The third-order valence-corrected chi connectivity index (χ3v) is 5.86. The van der Waals surface area contributed by atoms with Crippen molar-refractivity contribution in [1.82, 2.24) is 15.5 Å². The maximum absolute atomic E-state index is 12.2. The Bertz CT molecular complexity index is 728. The fourth-order valence-electron chi connectivity index (χ4n) is 2.25. The molecule has 1 unspecified atom stereocenters. The molecule has 0 spiro atoms. The second-order valence-electron chi connectivity index (χ2n) is 5.76. The van der Waals surface area contributed by atoms with Gasteiger partial charge in [0.2, 0.25) is 16.9 Å². The number of thioether (sulfide) groups is 1. The lowest BCUT2D eigenvalue weighted by Crippen LogP contribution is -2.32. The van der Waals surface area contributed by atoms with Gasteiger partial charge in [-0.25, -0.2) is 0 Å². The van der Waals surface area contributed by atoms with Gasteiger partial charge in [0.15, 0.2) is 4.34 Å². The molecule has 2 amide bonds. The predicted molar refractivity (Wildman–Crippen MR) is 96.6 cm³/mol. The van der Waals surface area contributed by atoms with Crippen molar-refractivity contribution in [3.63, 3.8) is 0 Å². The zero-order chi connectivity index (χ0) is 17.8. The minimum absolute atomic E-state index is 0.0689. The van der Waals surface area contributed by atoms with Crippen LogP contribution >= 0.6 is 23.1 Å². The Labute approximate surface area is 154 Å². The normalized spacial score (nSPS) is 15.0. The zero-order valence-electron chi connectivity index (χ0n) is 14.1. The monoisotopic (exact) mass is 380 g/mol. The van der Waals surface area contributed by atoms with Crippen LogP contribution in [0.25, 0.3) is 0 Å². The largest absolute Gasteiger partial charge is 0.467 e. The molecular weight excluding hydrogens is 360 g/mol. The van der Waals surface area contributed by atoms with Crippen LogP contribution in [0.15, 0.2) is 27.2 Å². The fourth-order valence-corrected chi connectivity index (χ4v) is 4.35. The van der Waals surface area contributed by atoms with Crippen molar-refractivity contribution in [3.05, 3.63) is 24.2 Å². The van der Waals surface area contributed by atoms with Gasteiger partial charge in [-0.2, -0.15) is 0 Å². The van der Waals surface area contributed by atoms with Crippen molar-refractivity contribution in [2.45, 2.75) is 55.3 Å². The number of carbonyl (C=O) groups excluding carboxylic acids is 2. The van der Waals surface area contributed by atoms with Crippen LogP contribution in [0.2, 0.25) is 0 Å². The molecule has 2 heterocycles. The van der Waals surface area contributed by atoms with Gasteiger partial charge in [-0.3, -0.25) is 14.5 Å². The SMILES string of the molecule is CCC(=O)N(c1nnc(SC(C)C(=O)NCc2ccco2)s1)C1CC1. The van der Waals surface area contributed by atoms with Gasteiger partial charge in [0, 0.05) is 12.5 Å². The fraction of sp³-hybridized carbons (Fsp3) is 0.500. The lowest BCUT2D eigenvalue weighted by molar-refractivity contribution is -0.120. The van der Waals surface area contributed by atoms with Crippen LogP contribution in [-0.2, 0) is 16.1 Å². The average molecular weight is 380 g/mol. The van der Waals surface area contributed by atoms with Crippen LogP contribution in [0.1, 0.15) is 38.9 Å². The minimum atomic E-state index is -0.313. The molecule has 134 valence electrons. The van der Waals surface area contributed by atoms with Crippen LogP contribution in [0.5, 0.6) is 0 Å². The molecule has 2 aromatic rings. The van der Waals surface area contributed by atoms with Crippen molar-refractivity contribution in [2.24, 2.45) is 0 Å². The van der Waals surface area contributed by atoms with E-state index in [0.29, 0.717) is 28.2 Å². The molecule has 3 rings (SSSR count). The summed E-state index contributed by atoms with van der Waals surface area (Å²) in [5.41, 5.74) is 0. The molecule has 1 saturated carbocycles. The topological polar surface area (TPSA) is 88.3 Å². The standard InChI is InChI=1S/C16H20N4O3S2/c1-3-13(21)20(11-6-7-11)15-18-19-16(25-15)24-10(2)14(22)17-9-12-5-4-8-23-12/h4-5,8,10-11H,3,6-7,9H2,1-2H3,(H,17,22). The van der Waals surface area contributed by atoms with Crippen molar-refractivity contribution < 1.29 is 14.0 Å². The molecule has 0 aliphatic heterocycles. The Balaban J connectivity index is 1.56. The van der Waals surface area contributed by atoms with Crippen molar-refractivity contribution in [3.8, 4) is 0 Å². The number of furan rings is 1. The van der Waals surface area contributed by atoms with Gasteiger partial charge < -0.3 is 9.73 Å². The molecule has 25 heavy (non-hydrogen) atoms. The number of amides is 2. The summed E-state index contributed by atoms with van der Waals surface area (Å²) in [7, 11) is 0. The third-order valence-electron chi connectivity index (χ3n) is 3.75. The number of rotatable bonds is 8. The van der Waals surface area contributed by atoms with Crippen LogP contribution in [0.3, 0.4) is 0 Å². The van der Waals surface area contributed by atoms with E-state index in [9.17, 15) is 9.59 Å². The van der Waals surface area contributed by atoms with E-state index < -0.39 is 0 Å². The van der Waals surface area contributed by atoms with E-state index in [1.807, 2.05) is 19.9 Å². The molecule has 1 aliphatic carbocycles. The first-order valence-electron chi connectivity index (χ1n) is 8.20. The lowest BCUT2D eigenvalue weighted by Gasteiger charge is -2.17. The van der Waals surface area contributed by atoms with E-state index in [1.54, 1.807) is 17.2 Å². The van der Waals surface area contributed by atoms with Gasteiger partial charge in [0.25, 0.3) is 0 Å². The summed E-state index contributed by atoms with van der Waals surface area (Å²) in [4.78, 5) is 26.0. The summed E-state index contributed by atoms with van der Waals surface area (Å²) < 4.78 is 5.88. The number of anilines is 1. The maximum atomic E-state index is 12.2. The van der Waals surface area contributed by atoms with Gasteiger partial charge in [-0.1, -0.05) is 30.0 Å². The van der Waals surface area contributed by atoms with E-state index in [-0.39, 0.29) is 23.1 Å². The molecule has 2 aromatic heterocycles. The molecule has 0 saturated heterocycles. The van der Waals surface area contributed by atoms with E-state index in [0.717, 1.165) is 12.8 Å². The highest BCUT2D eigenvalue weighted by Crippen LogP contribution is 2.37. The molecule has 1 atom stereocenters. The summed E-state index contributed by atoms with van der Waals surface area (Å²) in [6.07, 6.45) is 4.05. The molecular formula is C16H20N4O3S2. The highest BCUT2D eigenvalue weighted by Gasteiger charge is 2.35. The number of hydrogen-bond donors (Lipinski definition) is 1. The Hall–Kier alpha value is -1.87. The minimum Gasteiger partial charge on any atom is -0.467 e. The van der Waals surface area contributed by atoms with Gasteiger partial charge >= 0.3 is 0 Å². The van der Waals surface area contributed by atoms with Crippen LogP contribution < -0.4 is 10.2 Å². The van der Waals surface area contributed by atoms with Crippen molar-refractivity contribution >= 4 is 40.0 Å². The number of hydrogen-bond acceptors (Lipinski definition) is 7. The second-order valence-corrected chi connectivity index (χ2v) is 8.30. The van der Waals surface area contributed by atoms with Gasteiger partial charge in [0.05, 0.1) is 18.1 Å². The summed E-state index contributed by atoms with van der Waals surface area (Å²) in [6, 6.07) is 3.85. The summed E-state index contributed by atoms with van der Waals surface area (Å²) in [6.45, 7) is 4.03. The van der Waals surface area contributed by atoms with Gasteiger partial charge in [-0.15, -0.1) is 10.2 Å². The Morgan fingerprint density at radius 1 is 1.48 bits per heavy atom. The third kappa shape index (κ3) is 4.60. The molecule has 0 bridgehead atoms. The van der Waals surface area contributed by atoms with Crippen LogP contribution in [0.4, 0.5) is 5.13 Å². The summed E-state index contributed by atoms with van der Waals surface area (Å²) >= 11 is 2.70. The van der Waals surface area contributed by atoms with E-state index in [2.05, 4.69) is 15.5 Å². The zero-order valence-corrected chi connectivity index (χ0v) is 15.7. The number of aromatic nitrogens is 2. The van der Waals surface area contributed by atoms with Crippen molar-refractivity contribution in [2.75, 3.05) is 4.90 Å².